The van der Waals surface area contributed by atoms with Crippen molar-refractivity contribution in [3.8, 4) is 5.69 Å². The molecule has 0 radical (unpaired) electrons. The second kappa shape index (κ2) is 5.45. The summed E-state index contributed by atoms with van der Waals surface area (Å²) < 4.78 is 15.1. The maximum atomic E-state index is 13.4. The Labute approximate surface area is 116 Å². The van der Waals surface area contributed by atoms with Gasteiger partial charge in [0, 0.05) is 18.8 Å². The lowest BCUT2D eigenvalue weighted by Crippen LogP contribution is -2.10. The van der Waals surface area contributed by atoms with Gasteiger partial charge in [-0.1, -0.05) is 0 Å². The SMILES string of the molecule is NCCc1nccn1-c1cc(Br)c(F)cc1[N+](=O)[O-]. The van der Waals surface area contributed by atoms with Gasteiger partial charge < -0.3 is 5.73 Å². The molecule has 2 aromatic rings. The Morgan fingerprint density at radius 2 is 2.26 bits per heavy atom. The van der Waals surface area contributed by atoms with Gasteiger partial charge in [-0.15, -0.1) is 0 Å². The molecule has 0 aliphatic rings. The first-order valence-corrected chi connectivity index (χ1v) is 6.20. The number of hydrogen-bond acceptors (Lipinski definition) is 4. The van der Waals surface area contributed by atoms with Crippen molar-refractivity contribution in [2.45, 2.75) is 6.42 Å². The summed E-state index contributed by atoms with van der Waals surface area (Å²) in [6.45, 7) is 0.368. The molecule has 1 aromatic carbocycles. The van der Waals surface area contributed by atoms with E-state index in [4.69, 9.17) is 5.73 Å². The van der Waals surface area contributed by atoms with E-state index in [9.17, 15) is 14.5 Å². The fraction of sp³-hybridized carbons (Fsp3) is 0.182. The zero-order chi connectivity index (χ0) is 14.0. The van der Waals surface area contributed by atoms with Crippen LogP contribution >= 0.6 is 15.9 Å². The maximum absolute atomic E-state index is 13.4. The number of nitrogens with two attached hydrogens (primary N) is 1. The average molecular weight is 329 g/mol. The van der Waals surface area contributed by atoms with Gasteiger partial charge in [-0.2, -0.15) is 0 Å². The first-order chi connectivity index (χ1) is 9.04. The number of benzene rings is 1. The molecule has 2 rings (SSSR count). The smallest absolute Gasteiger partial charge is 0.296 e. The Hall–Kier alpha value is -1.80. The topological polar surface area (TPSA) is 87.0 Å². The van der Waals surface area contributed by atoms with E-state index in [-0.39, 0.29) is 15.8 Å². The molecule has 0 fully saturated rings. The van der Waals surface area contributed by atoms with Crippen molar-refractivity contribution in [1.29, 1.82) is 0 Å². The fourth-order valence-corrected chi connectivity index (χ4v) is 2.06. The fourth-order valence-electron chi connectivity index (χ4n) is 1.73. The number of aromatic nitrogens is 2. The minimum Gasteiger partial charge on any atom is -0.330 e. The van der Waals surface area contributed by atoms with E-state index < -0.39 is 10.7 Å². The Balaban J connectivity index is 2.63. The first-order valence-electron chi connectivity index (χ1n) is 5.40. The van der Waals surface area contributed by atoms with Crippen LogP contribution in [-0.4, -0.2) is 21.0 Å². The predicted octanol–water partition coefficient (Wildman–Crippen LogP) is 2.18. The lowest BCUT2D eigenvalue weighted by Gasteiger charge is -2.09. The van der Waals surface area contributed by atoms with Crippen molar-refractivity contribution in [3.05, 3.63) is 50.8 Å². The third-order valence-electron chi connectivity index (χ3n) is 2.56. The Kier molecular flexibility index (Phi) is 3.91. The lowest BCUT2D eigenvalue weighted by molar-refractivity contribution is -0.384. The number of rotatable bonds is 4. The number of nitro groups is 1. The highest BCUT2D eigenvalue weighted by atomic mass is 79.9. The van der Waals surface area contributed by atoms with Crippen molar-refractivity contribution in [2.24, 2.45) is 5.73 Å². The third-order valence-corrected chi connectivity index (χ3v) is 3.17. The minimum absolute atomic E-state index is 0.153. The standard InChI is InChI=1S/C11H10BrFN4O2/c12-7-5-9(10(17(18)19)6-8(7)13)16-4-3-15-11(16)1-2-14/h3-6H,1-2,14H2. The Morgan fingerprint density at radius 3 is 2.89 bits per heavy atom. The van der Waals surface area contributed by atoms with E-state index in [0.717, 1.165) is 6.07 Å². The van der Waals surface area contributed by atoms with Gasteiger partial charge in [0.2, 0.25) is 0 Å². The van der Waals surface area contributed by atoms with Crippen LogP contribution < -0.4 is 5.73 Å². The van der Waals surface area contributed by atoms with E-state index in [0.29, 0.717) is 18.8 Å². The van der Waals surface area contributed by atoms with Crippen LogP contribution in [0.3, 0.4) is 0 Å². The van der Waals surface area contributed by atoms with Gasteiger partial charge in [-0.3, -0.25) is 14.7 Å². The van der Waals surface area contributed by atoms with Crippen LogP contribution in [0.2, 0.25) is 0 Å². The van der Waals surface area contributed by atoms with Crippen LogP contribution in [0.25, 0.3) is 5.69 Å². The second-order valence-corrected chi connectivity index (χ2v) is 4.62. The zero-order valence-corrected chi connectivity index (χ0v) is 11.3. The molecule has 100 valence electrons. The second-order valence-electron chi connectivity index (χ2n) is 3.76. The maximum Gasteiger partial charge on any atom is 0.296 e. The van der Waals surface area contributed by atoms with Crippen LogP contribution in [0.4, 0.5) is 10.1 Å². The number of halogens is 2. The molecule has 0 aliphatic heterocycles. The van der Waals surface area contributed by atoms with Crippen LogP contribution in [-0.2, 0) is 6.42 Å². The molecule has 0 unspecified atom stereocenters. The molecular weight excluding hydrogens is 319 g/mol. The van der Waals surface area contributed by atoms with E-state index >= 15 is 0 Å². The summed E-state index contributed by atoms with van der Waals surface area (Å²) in [4.78, 5) is 14.5. The van der Waals surface area contributed by atoms with E-state index in [2.05, 4.69) is 20.9 Å². The number of nitrogens with zero attached hydrogens (tertiary/aromatic N) is 3. The number of imidazole rings is 1. The van der Waals surface area contributed by atoms with Gasteiger partial charge >= 0.3 is 0 Å². The van der Waals surface area contributed by atoms with Gasteiger partial charge in [0.05, 0.1) is 15.5 Å². The van der Waals surface area contributed by atoms with Crippen LogP contribution in [0.15, 0.2) is 29.0 Å². The number of hydrogen-bond donors (Lipinski definition) is 1. The quantitative estimate of drug-likeness (QED) is 0.688. The largest absolute Gasteiger partial charge is 0.330 e. The van der Waals surface area contributed by atoms with Gasteiger partial charge in [0.15, 0.2) is 0 Å². The minimum atomic E-state index is -0.684. The van der Waals surface area contributed by atoms with Gasteiger partial charge in [0.25, 0.3) is 5.69 Å². The summed E-state index contributed by atoms with van der Waals surface area (Å²) in [5, 5.41) is 11.0. The van der Waals surface area contributed by atoms with Crippen LogP contribution in [0.1, 0.15) is 5.82 Å². The Bertz CT molecular complexity index is 629. The van der Waals surface area contributed by atoms with Crippen molar-refractivity contribution >= 4 is 21.6 Å². The van der Waals surface area contributed by atoms with Crippen molar-refractivity contribution in [1.82, 2.24) is 9.55 Å². The molecule has 8 heteroatoms. The predicted molar refractivity (Wildman–Crippen MR) is 70.6 cm³/mol. The molecule has 2 N–H and O–H groups in total. The zero-order valence-electron chi connectivity index (χ0n) is 9.72. The highest BCUT2D eigenvalue weighted by molar-refractivity contribution is 9.10. The van der Waals surface area contributed by atoms with Crippen molar-refractivity contribution in [3.63, 3.8) is 0 Å². The van der Waals surface area contributed by atoms with Crippen molar-refractivity contribution < 1.29 is 9.31 Å². The summed E-state index contributed by atoms with van der Waals surface area (Å²) >= 11 is 3.02. The van der Waals surface area contributed by atoms with Gasteiger partial charge in [-0.05, 0) is 28.5 Å². The molecule has 19 heavy (non-hydrogen) atoms. The van der Waals surface area contributed by atoms with Gasteiger partial charge in [0.1, 0.15) is 17.3 Å². The molecule has 6 nitrogen and oxygen atoms in total. The first kappa shape index (κ1) is 13.6. The monoisotopic (exact) mass is 328 g/mol. The van der Waals surface area contributed by atoms with E-state index in [1.54, 1.807) is 6.20 Å². The number of nitro benzene ring substituents is 1. The van der Waals surface area contributed by atoms with E-state index in [1.165, 1.54) is 16.8 Å². The Morgan fingerprint density at radius 1 is 1.53 bits per heavy atom. The molecule has 0 aliphatic carbocycles. The third kappa shape index (κ3) is 2.64. The average Bonchev–Trinajstić information content (AvgIpc) is 2.80. The van der Waals surface area contributed by atoms with Gasteiger partial charge in [-0.25, -0.2) is 9.37 Å². The van der Waals surface area contributed by atoms with E-state index in [1.807, 2.05) is 0 Å². The summed E-state index contributed by atoms with van der Waals surface area (Å²) in [6.07, 6.45) is 3.57. The molecule has 0 bridgehead atoms. The highest BCUT2D eigenvalue weighted by Gasteiger charge is 2.20. The molecule has 1 aromatic heterocycles. The highest BCUT2D eigenvalue weighted by Crippen LogP contribution is 2.29. The normalized spacial score (nSPS) is 10.7. The molecular formula is C11H10BrFN4O2. The molecule has 0 atom stereocenters. The summed E-state index contributed by atoms with van der Waals surface area (Å²) in [6, 6.07) is 2.24. The molecule has 0 spiro atoms. The summed E-state index contributed by atoms with van der Waals surface area (Å²) in [5.41, 5.74) is 5.39. The van der Waals surface area contributed by atoms with Crippen molar-refractivity contribution in [2.75, 3.05) is 6.54 Å². The lowest BCUT2D eigenvalue weighted by atomic mass is 10.2. The molecule has 1 heterocycles. The van der Waals surface area contributed by atoms with Crippen LogP contribution in [0, 0.1) is 15.9 Å². The molecule has 0 saturated carbocycles. The van der Waals surface area contributed by atoms with Crippen LogP contribution in [0.5, 0.6) is 0 Å². The molecule has 0 amide bonds. The summed E-state index contributed by atoms with van der Waals surface area (Å²) in [5.74, 6) is -0.0972. The summed E-state index contributed by atoms with van der Waals surface area (Å²) in [7, 11) is 0. The molecule has 0 saturated heterocycles.